The number of hydrogen-bond acceptors (Lipinski definition) is 2. The van der Waals surface area contributed by atoms with Gasteiger partial charge in [0.25, 0.3) is 0 Å². The zero-order chi connectivity index (χ0) is 31.8. The predicted octanol–water partition coefficient (Wildman–Crippen LogP) is 6.86. The molecule has 0 amide bonds. The topological polar surface area (TPSA) is 33.8 Å². The number of aryl methyl sites for hydroxylation is 3. The molecule has 0 saturated carbocycles. The van der Waals surface area contributed by atoms with Crippen LogP contribution in [-0.2, 0) is 5.66 Å². The van der Waals surface area contributed by atoms with Gasteiger partial charge in [-0.15, -0.1) is 9.13 Å². The SMILES string of the molecule is [2H]C([2H])([2H])c1c[n+]2c(cc1C)-c1ccccc1C21c2ccc3c(oc4nc(C)ccc43)c2-c2cc(C([2H])(C)C([2H])([2H])[2H])cc[n+]21. The van der Waals surface area contributed by atoms with Crippen LogP contribution in [0.15, 0.2) is 83.5 Å². The van der Waals surface area contributed by atoms with E-state index in [1.54, 1.807) is 18.3 Å². The lowest BCUT2D eigenvalue weighted by atomic mass is 9.89. The lowest BCUT2D eigenvalue weighted by Crippen LogP contribution is -2.71. The summed E-state index contributed by atoms with van der Waals surface area (Å²) in [5, 5.41) is 1.72. The quantitative estimate of drug-likeness (QED) is 0.230. The largest absolute Gasteiger partial charge is 0.437 e. The molecule has 2 atom stereocenters. The first kappa shape index (κ1) is 15.8. The molecule has 8 rings (SSSR count). The third kappa shape index (κ3) is 2.48. The molecule has 2 aliphatic rings. The molecular formula is C34H29N3O+2. The molecule has 0 radical (unpaired) electrons. The fraction of sp³-hybridized carbons (Fsp3) is 0.206. The molecule has 0 saturated heterocycles. The van der Waals surface area contributed by atoms with Crippen LogP contribution in [0.1, 0.15) is 62.8 Å². The third-order valence-electron chi connectivity index (χ3n) is 8.24. The van der Waals surface area contributed by atoms with Gasteiger partial charge in [-0.3, -0.25) is 0 Å². The Hall–Kier alpha value is -4.31. The highest BCUT2D eigenvalue weighted by Crippen LogP contribution is 2.50. The first-order chi connectivity index (χ1) is 21.2. The second-order valence-corrected chi connectivity index (χ2v) is 10.4. The first-order valence-corrected chi connectivity index (χ1v) is 12.7. The van der Waals surface area contributed by atoms with E-state index in [1.807, 2.05) is 67.1 Å². The molecule has 4 aromatic heterocycles. The average molecular weight is 503 g/mol. The van der Waals surface area contributed by atoms with Crippen LogP contribution in [0.4, 0.5) is 0 Å². The Kier molecular flexibility index (Phi) is 2.98. The Bertz CT molecular complexity index is 2270. The molecule has 1 spiro atoms. The van der Waals surface area contributed by atoms with Gasteiger partial charge in [0.2, 0.25) is 17.1 Å². The summed E-state index contributed by atoms with van der Waals surface area (Å²) in [5.41, 5.74) is 7.13. The highest BCUT2D eigenvalue weighted by atomic mass is 16.3. The molecule has 2 unspecified atom stereocenters. The number of benzene rings is 2. The lowest BCUT2D eigenvalue weighted by Gasteiger charge is -2.18. The Morgan fingerprint density at radius 3 is 2.66 bits per heavy atom. The number of furan rings is 1. The van der Waals surface area contributed by atoms with Gasteiger partial charge in [0.05, 0.1) is 5.56 Å². The molecule has 184 valence electrons. The molecule has 2 aromatic carbocycles. The number of pyridine rings is 3. The summed E-state index contributed by atoms with van der Waals surface area (Å²) in [4.78, 5) is 4.65. The summed E-state index contributed by atoms with van der Waals surface area (Å²) < 4.78 is 69.0. The van der Waals surface area contributed by atoms with Gasteiger partial charge in [0.1, 0.15) is 16.7 Å². The van der Waals surface area contributed by atoms with E-state index in [4.69, 9.17) is 14.0 Å². The van der Waals surface area contributed by atoms with Crippen molar-refractivity contribution in [2.24, 2.45) is 0 Å². The van der Waals surface area contributed by atoms with E-state index in [-0.39, 0.29) is 5.56 Å². The summed E-state index contributed by atoms with van der Waals surface area (Å²) >= 11 is 0. The molecule has 6 heterocycles. The zero-order valence-corrected chi connectivity index (χ0v) is 21.3. The van der Waals surface area contributed by atoms with E-state index in [0.717, 1.165) is 44.4 Å². The molecule has 0 aliphatic carbocycles. The van der Waals surface area contributed by atoms with Crippen molar-refractivity contribution in [3.05, 3.63) is 113 Å². The minimum absolute atomic E-state index is 0.247. The normalized spacial score (nSPS) is 21.8. The fourth-order valence-electron chi connectivity index (χ4n) is 6.48. The van der Waals surface area contributed by atoms with Crippen molar-refractivity contribution >= 4 is 22.1 Å². The monoisotopic (exact) mass is 502 g/mol. The number of fused-ring (bicyclic) bond motifs is 14. The van der Waals surface area contributed by atoms with Crippen LogP contribution in [0.25, 0.3) is 44.6 Å². The van der Waals surface area contributed by atoms with E-state index in [9.17, 15) is 0 Å². The van der Waals surface area contributed by atoms with Crippen molar-refractivity contribution in [2.75, 3.05) is 0 Å². The summed E-state index contributed by atoms with van der Waals surface area (Å²) in [5.74, 6) is -1.89. The van der Waals surface area contributed by atoms with E-state index >= 15 is 0 Å². The Morgan fingerprint density at radius 1 is 0.921 bits per heavy atom. The molecule has 2 aliphatic heterocycles. The van der Waals surface area contributed by atoms with Crippen LogP contribution >= 0.6 is 0 Å². The second kappa shape index (κ2) is 7.16. The minimum atomic E-state index is -2.58. The van der Waals surface area contributed by atoms with E-state index in [0.29, 0.717) is 28.1 Å². The molecule has 4 heteroatoms. The summed E-state index contributed by atoms with van der Waals surface area (Å²) in [7, 11) is 0. The summed E-state index contributed by atoms with van der Waals surface area (Å²) in [6.45, 7) is 0.210. The molecule has 6 aromatic rings. The molecule has 0 bridgehead atoms. The molecule has 0 N–H and O–H groups in total. The highest BCUT2D eigenvalue weighted by molar-refractivity contribution is 6.09. The molecular weight excluding hydrogens is 466 g/mol. The molecule has 0 fully saturated rings. The third-order valence-corrected chi connectivity index (χ3v) is 8.24. The van der Waals surface area contributed by atoms with Gasteiger partial charge in [0, 0.05) is 49.8 Å². The minimum Gasteiger partial charge on any atom is -0.437 e. The maximum Gasteiger partial charge on any atom is 0.417 e. The first-order valence-electron chi connectivity index (χ1n) is 16.2. The van der Waals surface area contributed by atoms with Gasteiger partial charge in [-0.1, -0.05) is 25.9 Å². The fourth-order valence-corrected chi connectivity index (χ4v) is 6.48. The Morgan fingerprint density at radius 2 is 1.79 bits per heavy atom. The maximum absolute atomic E-state index is 8.92. The van der Waals surface area contributed by atoms with Crippen molar-refractivity contribution in [1.82, 2.24) is 4.98 Å². The predicted molar refractivity (Wildman–Crippen MR) is 149 cm³/mol. The van der Waals surface area contributed by atoms with Gasteiger partial charge in [-0.05, 0) is 74.1 Å². The van der Waals surface area contributed by atoms with Crippen LogP contribution in [0, 0.1) is 20.7 Å². The van der Waals surface area contributed by atoms with Crippen LogP contribution in [0.5, 0.6) is 0 Å². The smallest absolute Gasteiger partial charge is 0.417 e. The van der Waals surface area contributed by atoms with Crippen molar-refractivity contribution < 1.29 is 23.1 Å². The van der Waals surface area contributed by atoms with Crippen molar-refractivity contribution in [3.63, 3.8) is 0 Å². The number of nitrogens with zero attached hydrogens (tertiary/aromatic N) is 3. The van der Waals surface area contributed by atoms with Gasteiger partial charge < -0.3 is 4.42 Å². The second-order valence-electron chi connectivity index (χ2n) is 10.4. The number of hydrogen-bond donors (Lipinski definition) is 0. The Labute approximate surface area is 231 Å². The van der Waals surface area contributed by atoms with E-state index < -0.39 is 25.3 Å². The van der Waals surface area contributed by atoms with Crippen LogP contribution in [0.2, 0.25) is 0 Å². The average Bonchev–Trinajstić information content (AvgIpc) is 3.58. The van der Waals surface area contributed by atoms with E-state index in [1.165, 1.54) is 6.92 Å². The molecule has 4 nitrogen and oxygen atoms in total. The van der Waals surface area contributed by atoms with Gasteiger partial charge in [-0.2, -0.15) is 0 Å². The number of rotatable bonds is 1. The van der Waals surface area contributed by atoms with Crippen molar-refractivity contribution in [2.45, 2.75) is 46.0 Å². The Balaban J connectivity index is 1.57. The van der Waals surface area contributed by atoms with E-state index in [2.05, 4.69) is 21.7 Å². The summed E-state index contributed by atoms with van der Waals surface area (Å²) in [6, 6.07) is 21.4. The standard InChI is InChI=1S/C34H29N3O/c1-19(2)23-14-15-36-30(17-23)31-28(13-12-24-25-11-10-22(5)35-33(25)38-32(24)31)34(36)27-9-7-6-8-26(27)29-16-20(3)21(4)18-37(29)34/h6-19H,1-5H3/q+2/i1D3,4D3,19D. The van der Waals surface area contributed by atoms with Crippen molar-refractivity contribution in [1.29, 1.82) is 0 Å². The lowest BCUT2D eigenvalue weighted by molar-refractivity contribution is -0.955. The highest BCUT2D eigenvalue weighted by Gasteiger charge is 2.67. The van der Waals surface area contributed by atoms with Crippen molar-refractivity contribution in [3.8, 4) is 22.5 Å². The van der Waals surface area contributed by atoms with Gasteiger partial charge in [0.15, 0.2) is 18.0 Å². The summed E-state index contributed by atoms with van der Waals surface area (Å²) in [6.07, 6.45) is 3.57. The van der Waals surface area contributed by atoms with Crippen LogP contribution in [-0.4, -0.2) is 4.98 Å². The van der Waals surface area contributed by atoms with Crippen LogP contribution < -0.4 is 9.13 Å². The van der Waals surface area contributed by atoms with Gasteiger partial charge >= 0.3 is 5.66 Å². The van der Waals surface area contributed by atoms with Crippen LogP contribution in [0.3, 0.4) is 0 Å². The zero-order valence-electron chi connectivity index (χ0n) is 28.3. The maximum atomic E-state index is 8.92. The molecule has 38 heavy (non-hydrogen) atoms. The van der Waals surface area contributed by atoms with Gasteiger partial charge in [-0.25, -0.2) is 4.98 Å². The number of aromatic nitrogens is 3.